The Morgan fingerprint density at radius 1 is 0.517 bits per heavy atom. The van der Waals surface area contributed by atoms with Gasteiger partial charge in [0.2, 0.25) is 0 Å². The standard InChI is InChI=1S/C29H22/c1-2-8-23-27(16-15-26-22-12-6-4-10-20(22)17-28(23)26)25-14-7-13-24-21-11-5-3-9-19(21)18-29(24)25/h2-16H,17-18H2,1H3. The van der Waals surface area contributed by atoms with Crippen LogP contribution in [-0.2, 0) is 12.8 Å². The summed E-state index contributed by atoms with van der Waals surface area (Å²) < 4.78 is 0. The largest absolute Gasteiger partial charge is 0.0870 e. The first-order chi connectivity index (χ1) is 14.3. The van der Waals surface area contributed by atoms with Gasteiger partial charge in [-0.1, -0.05) is 91.0 Å². The van der Waals surface area contributed by atoms with E-state index in [0.717, 1.165) is 12.8 Å². The predicted molar refractivity (Wildman–Crippen MR) is 123 cm³/mol. The van der Waals surface area contributed by atoms with Gasteiger partial charge in [0.05, 0.1) is 0 Å². The molecule has 2 aliphatic rings. The van der Waals surface area contributed by atoms with Gasteiger partial charge in [-0.05, 0) is 81.0 Å². The fourth-order valence-electron chi connectivity index (χ4n) is 5.24. The maximum Gasteiger partial charge on any atom is -0.000728 e. The molecule has 4 aromatic carbocycles. The molecule has 2 aliphatic carbocycles. The average Bonchev–Trinajstić information content (AvgIpc) is 3.33. The Morgan fingerprint density at radius 3 is 1.72 bits per heavy atom. The molecule has 0 amide bonds. The fraction of sp³-hybridized carbons (Fsp3) is 0.103. The molecule has 0 radical (unpaired) electrons. The third-order valence-electron chi connectivity index (χ3n) is 6.51. The lowest BCUT2D eigenvalue weighted by Crippen LogP contribution is -1.95. The van der Waals surface area contributed by atoms with Gasteiger partial charge in [0.25, 0.3) is 0 Å². The molecule has 0 saturated heterocycles. The van der Waals surface area contributed by atoms with E-state index in [9.17, 15) is 0 Å². The number of fused-ring (bicyclic) bond motifs is 6. The molecule has 0 atom stereocenters. The second-order valence-electron chi connectivity index (χ2n) is 8.05. The average molecular weight is 370 g/mol. The van der Waals surface area contributed by atoms with Crippen molar-refractivity contribution >= 4 is 6.08 Å². The third-order valence-corrected chi connectivity index (χ3v) is 6.51. The predicted octanol–water partition coefficient (Wildman–Crippen LogP) is 7.53. The zero-order valence-electron chi connectivity index (χ0n) is 16.6. The number of allylic oxidation sites excluding steroid dienone is 1. The van der Waals surface area contributed by atoms with Crippen molar-refractivity contribution in [2.45, 2.75) is 19.8 Å². The molecule has 0 aromatic heterocycles. The van der Waals surface area contributed by atoms with Crippen LogP contribution in [-0.4, -0.2) is 0 Å². The van der Waals surface area contributed by atoms with E-state index >= 15 is 0 Å². The van der Waals surface area contributed by atoms with Gasteiger partial charge >= 0.3 is 0 Å². The molecule has 0 saturated carbocycles. The zero-order chi connectivity index (χ0) is 19.4. The second kappa shape index (κ2) is 6.32. The summed E-state index contributed by atoms with van der Waals surface area (Å²) in [6, 6.07) is 29.2. The quantitative estimate of drug-likeness (QED) is 0.295. The van der Waals surface area contributed by atoms with Gasteiger partial charge in [0, 0.05) is 0 Å². The van der Waals surface area contributed by atoms with E-state index < -0.39 is 0 Å². The molecule has 0 fully saturated rings. The number of hydrogen-bond acceptors (Lipinski definition) is 0. The van der Waals surface area contributed by atoms with Crippen LogP contribution < -0.4 is 0 Å². The van der Waals surface area contributed by atoms with Gasteiger partial charge in [-0.3, -0.25) is 0 Å². The van der Waals surface area contributed by atoms with Crippen LogP contribution in [0.15, 0.2) is 84.9 Å². The van der Waals surface area contributed by atoms with Crippen LogP contribution in [0.1, 0.15) is 34.7 Å². The van der Waals surface area contributed by atoms with Crippen molar-refractivity contribution in [2.24, 2.45) is 0 Å². The molecule has 0 heterocycles. The van der Waals surface area contributed by atoms with Gasteiger partial charge < -0.3 is 0 Å². The molecule has 0 heteroatoms. The Labute approximate surface area is 172 Å². The van der Waals surface area contributed by atoms with Crippen LogP contribution in [0.2, 0.25) is 0 Å². The van der Waals surface area contributed by atoms with Gasteiger partial charge in [-0.2, -0.15) is 0 Å². The van der Waals surface area contributed by atoms with Gasteiger partial charge in [-0.15, -0.1) is 0 Å². The SMILES string of the molecule is CC=Cc1c(-c2cccc3c2Cc2ccccc2-3)ccc2c1Cc1ccccc1-2. The van der Waals surface area contributed by atoms with E-state index in [2.05, 4.69) is 97.9 Å². The van der Waals surface area contributed by atoms with E-state index in [-0.39, 0.29) is 0 Å². The van der Waals surface area contributed by atoms with Crippen molar-refractivity contribution in [3.05, 3.63) is 113 Å². The summed E-state index contributed by atoms with van der Waals surface area (Å²) in [5.74, 6) is 0. The molecule has 0 N–H and O–H groups in total. The fourth-order valence-corrected chi connectivity index (χ4v) is 5.24. The van der Waals surface area contributed by atoms with E-state index in [1.807, 2.05) is 0 Å². The summed E-state index contributed by atoms with van der Waals surface area (Å²) >= 11 is 0. The topological polar surface area (TPSA) is 0 Å². The maximum atomic E-state index is 2.34. The first-order valence-corrected chi connectivity index (χ1v) is 10.4. The number of hydrogen-bond donors (Lipinski definition) is 0. The number of benzene rings is 4. The van der Waals surface area contributed by atoms with Crippen molar-refractivity contribution in [3.63, 3.8) is 0 Å². The molecule has 138 valence electrons. The van der Waals surface area contributed by atoms with Gasteiger partial charge in [0.1, 0.15) is 0 Å². The Morgan fingerprint density at radius 2 is 1.03 bits per heavy atom. The Bertz CT molecular complexity index is 1300. The maximum absolute atomic E-state index is 2.34. The summed E-state index contributed by atoms with van der Waals surface area (Å²) in [5, 5.41) is 0. The normalized spacial score (nSPS) is 13.3. The van der Waals surface area contributed by atoms with Crippen molar-refractivity contribution in [1.29, 1.82) is 0 Å². The molecular formula is C29H22. The van der Waals surface area contributed by atoms with Crippen molar-refractivity contribution < 1.29 is 0 Å². The van der Waals surface area contributed by atoms with E-state index in [4.69, 9.17) is 0 Å². The highest BCUT2D eigenvalue weighted by Gasteiger charge is 2.25. The van der Waals surface area contributed by atoms with Crippen LogP contribution in [0.4, 0.5) is 0 Å². The highest BCUT2D eigenvalue weighted by molar-refractivity contribution is 5.91. The minimum Gasteiger partial charge on any atom is -0.0870 e. The monoisotopic (exact) mass is 370 g/mol. The molecule has 0 unspecified atom stereocenters. The molecule has 0 spiro atoms. The third kappa shape index (κ3) is 2.39. The molecule has 0 aliphatic heterocycles. The Hall–Kier alpha value is -3.38. The van der Waals surface area contributed by atoms with E-state index in [0.29, 0.717) is 0 Å². The summed E-state index contributed by atoms with van der Waals surface area (Å²) in [6.07, 6.45) is 6.53. The molecule has 0 bridgehead atoms. The molecular weight excluding hydrogens is 348 g/mol. The van der Waals surface area contributed by atoms with Crippen LogP contribution in [0.3, 0.4) is 0 Å². The first kappa shape index (κ1) is 16.6. The van der Waals surface area contributed by atoms with E-state index in [1.54, 1.807) is 0 Å². The molecule has 4 aromatic rings. The van der Waals surface area contributed by atoms with Gasteiger partial charge in [0.15, 0.2) is 0 Å². The highest BCUT2D eigenvalue weighted by atomic mass is 14.3. The van der Waals surface area contributed by atoms with Crippen LogP contribution >= 0.6 is 0 Å². The van der Waals surface area contributed by atoms with Crippen LogP contribution in [0, 0.1) is 0 Å². The second-order valence-corrected chi connectivity index (χ2v) is 8.05. The Balaban J connectivity index is 1.58. The first-order valence-electron chi connectivity index (χ1n) is 10.4. The minimum absolute atomic E-state index is 1.02. The van der Waals surface area contributed by atoms with Crippen molar-refractivity contribution in [1.82, 2.24) is 0 Å². The van der Waals surface area contributed by atoms with E-state index in [1.165, 1.54) is 61.2 Å². The summed E-state index contributed by atoms with van der Waals surface area (Å²) in [5.41, 5.74) is 15.5. The summed E-state index contributed by atoms with van der Waals surface area (Å²) in [4.78, 5) is 0. The molecule has 6 rings (SSSR count). The summed E-state index contributed by atoms with van der Waals surface area (Å²) in [7, 11) is 0. The summed E-state index contributed by atoms with van der Waals surface area (Å²) in [6.45, 7) is 2.12. The van der Waals surface area contributed by atoms with Crippen LogP contribution in [0.5, 0.6) is 0 Å². The van der Waals surface area contributed by atoms with Gasteiger partial charge in [-0.25, -0.2) is 0 Å². The lowest BCUT2D eigenvalue weighted by atomic mass is 9.88. The lowest BCUT2D eigenvalue weighted by Gasteiger charge is -2.15. The lowest BCUT2D eigenvalue weighted by molar-refractivity contribution is 1.24. The Kier molecular flexibility index (Phi) is 3.61. The minimum atomic E-state index is 1.02. The van der Waals surface area contributed by atoms with Crippen molar-refractivity contribution in [2.75, 3.05) is 0 Å². The molecule has 0 nitrogen and oxygen atoms in total. The van der Waals surface area contributed by atoms with Crippen LogP contribution in [0.25, 0.3) is 39.5 Å². The zero-order valence-corrected chi connectivity index (χ0v) is 16.6. The highest BCUT2D eigenvalue weighted by Crippen LogP contribution is 2.46. The number of rotatable bonds is 2. The smallest absolute Gasteiger partial charge is 0.000728 e. The molecule has 29 heavy (non-hydrogen) atoms. The van der Waals surface area contributed by atoms with Crippen molar-refractivity contribution in [3.8, 4) is 33.4 Å².